The fourth-order valence-electron chi connectivity index (χ4n) is 2.15. The third kappa shape index (κ3) is 6.39. The highest BCUT2D eigenvalue weighted by atomic mass is 32.2. The van der Waals surface area contributed by atoms with E-state index in [9.17, 15) is 0 Å². The van der Waals surface area contributed by atoms with Crippen molar-refractivity contribution in [3.8, 4) is 17.2 Å². The molecule has 1 rings (SSSR count). The molecule has 0 saturated carbocycles. The minimum atomic E-state index is 0.574. The van der Waals surface area contributed by atoms with Gasteiger partial charge in [0.15, 0.2) is 17.5 Å². The molecule has 0 aliphatic rings. The molecular weight excluding hydrogens is 326 g/mol. The van der Waals surface area contributed by atoms with Crippen LogP contribution in [0.15, 0.2) is 17.1 Å². The van der Waals surface area contributed by atoms with Gasteiger partial charge in [0, 0.05) is 30.9 Å². The normalized spacial score (nSPS) is 11.1. The van der Waals surface area contributed by atoms with E-state index >= 15 is 0 Å². The standard InChI is InChI=1S/C17H29N3O3S/c1-6-18-17(19-9-7-8-10-24-5)20-13-11-14(21-2)16(23-4)15(12-13)22-3/h11-12H,6-10H2,1-5H3,(H2,18,19,20). The van der Waals surface area contributed by atoms with E-state index in [4.69, 9.17) is 14.2 Å². The number of nitrogens with zero attached hydrogens (tertiary/aromatic N) is 1. The average Bonchev–Trinajstić information content (AvgIpc) is 2.60. The van der Waals surface area contributed by atoms with Crippen molar-refractivity contribution < 1.29 is 14.2 Å². The lowest BCUT2D eigenvalue weighted by atomic mass is 10.2. The molecule has 0 aromatic heterocycles. The Balaban J connectivity index is 2.87. The topological polar surface area (TPSA) is 64.1 Å². The first kappa shape index (κ1) is 20.3. The van der Waals surface area contributed by atoms with E-state index in [0.29, 0.717) is 17.2 Å². The van der Waals surface area contributed by atoms with Gasteiger partial charge in [-0.3, -0.25) is 4.99 Å². The van der Waals surface area contributed by atoms with Gasteiger partial charge in [0.05, 0.1) is 21.3 Å². The Morgan fingerprint density at radius 2 is 1.75 bits per heavy atom. The van der Waals surface area contributed by atoms with Gasteiger partial charge in [-0.15, -0.1) is 0 Å². The molecule has 0 radical (unpaired) electrons. The number of ether oxygens (including phenoxy) is 3. The molecule has 1 aromatic rings. The molecular formula is C17H29N3O3S. The van der Waals surface area contributed by atoms with E-state index in [2.05, 4.69) is 21.9 Å². The molecule has 24 heavy (non-hydrogen) atoms. The molecule has 1 aromatic carbocycles. The summed E-state index contributed by atoms with van der Waals surface area (Å²) in [6.07, 6.45) is 4.38. The largest absolute Gasteiger partial charge is 0.493 e. The van der Waals surface area contributed by atoms with Gasteiger partial charge in [0.25, 0.3) is 0 Å². The average molecular weight is 356 g/mol. The van der Waals surface area contributed by atoms with Crippen LogP contribution in [0.3, 0.4) is 0 Å². The molecule has 0 atom stereocenters. The quantitative estimate of drug-likeness (QED) is 0.382. The molecule has 0 aliphatic heterocycles. The molecule has 0 heterocycles. The molecule has 2 N–H and O–H groups in total. The van der Waals surface area contributed by atoms with Crippen LogP contribution < -0.4 is 24.8 Å². The summed E-state index contributed by atoms with van der Waals surface area (Å²) in [6, 6.07) is 3.73. The van der Waals surface area contributed by atoms with E-state index < -0.39 is 0 Å². The van der Waals surface area contributed by atoms with Crippen molar-refractivity contribution in [2.75, 3.05) is 51.7 Å². The number of hydrogen-bond donors (Lipinski definition) is 2. The second kappa shape index (κ2) is 11.7. The Morgan fingerprint density at radius 1 is 1.08 bits per heavy atom. The van der Waals surface area contributed by atoms with Crippen molar-refractivity contribution in [3.05, 3.63) is 12.1 Å². The van der Waals surface area contributed by atoms with E-state index in [-0.39, 0.29) is 0 Å². The van der Waals surface area contributed by atoms with Gasteiger partial charge < -0.3 is 24.8 Å². The fourth-order valence-corrected chi connectivity index (χ4v) is 2.64. The van der Waals surface area contributed by atoms with Gasteiger partial charge in [0.2, 0.25) is 5.75 Å². The van der Waals surface area contributed by atoms with Crippen LogP contribution in [0.4, 0.5) is 5.69 Å². The van der Waals surface area contributed by atoms with Crippen LogP contribution in [-0.4, -0.2) is 52.4 Å². The highest BCUT2D eigenvalue weighted by molar-refractivity contribution is 7.98. The summed E-state index contributed by atoms with van der Waals surface area (Å²) in [4.78, 5) is 4.61. The van der Waals surface area contributed by atoms with Crippen LogP contribution >= 0.6 is 11.8 Å². The van der Waals surface area contributed by atoms with Crippen molar-refractivity contribution in [3.63, 3.8) is 0 Å². The van der Waals surface area contributed by atoms with Crippen molar-refractivity contribution >= 4 is 23.4 Å². The van der Waals surface area contributed by atoms with E-state index in [0.717, 1.165) is 31.2 Å². The number of aliphatic imine (C=N–C) groups is 1. The van der Waals surface area contributed by atoms with Gasteiger partial charge >= 0.3 is 0 Å². The molecule has 0 aliphatic carbocycles. The molecule has 0 amide bonds. The first-order chi connectivity index (χ1) is 11.7. The van der Waals surface area contributed by atoms with Gasteiger partial charge in [-0.2, -0.15) is 11.8 Å². The summed E-state index contributed by atoms with van der Waals surface area (Å²) in [5.41, 5.74) is 0.827. The maximum atomic E-state index is 5.38. The van der Waals surface area contributed by atoms with Gasteiger partial charge in [-0.1, -0.05) is 0 Å². The van der Waals surface area contributed by atoms with Crippen LogP contribution in [0.25, 0.3) is 0 Å². The van der Waals surface area contributed by atoms with Gasteiger partial charge in [-0.25, -0.2) is 0 Å². The number of anilines is 1. The highest BCUT2D eigenvalue weighted by Crippen LogP contribution is 2.39. The first-order valence-electron chi connectivity index (χ1n) is 8.04. The number of unbranched alkanes of at least 4 members (excludes halogenated alkanes) is 1. The summed E-state index contributed by atoms with van der Waals surface area (Å²) in [5, 5.41) is 6.54. The Labute approximate surface area is 149 Å². The maximum Gasteiger partial charge on any atom is 0.203 e. The summed E-state index contributed by atoms with van der Waals surface area (Å²) in [7, 11) is 4.80. The Morgan fingerprint density at radius 3 is 2.25 bits per heavy atom. The lowest BCUT2D eigenvalue weighted by Crippen LogP contribution is -2.30. The van der Waals surface area contributed by atoms with Crippen molar-refractivity contribution in [1.82, 2.24) is 5.32 Å². The SMILES string of the molecule is CCNC(=NCCCCSC)Nc1cc(OC)c(OC)c(OC)c1. The van der Waals surface area contributed by atoms with Crippen LogP contribution in [0, 0.1) is 0 Å². The lowest BCUT2D eigenvalue weighted by molar-refractivity contribution is 0.324. The third-order valence-electron chi connectivity index (χ3n) is 3.30. The Hall–Kier alpha value is -1.76. The second-order valence-electron chi connectivity index (χ2n) is 5.00. The van der Waals surface area contributed by atoms with Crippen LogP contribution in [0.2, 0.25) is 0 Å². The number of hydrogen-bond acceptors (Lipinski definition) is 5. The zero-order chi connectivity index (χ0) is 17.8. The molecule has 7 heteroatoms. The molecule has 0 spiro atoms. The fraction of sp³-hybridized carbons (Fsp3) is 0.588. The van der Waals surface area contributed by atoms with Crippen molar-refractivity contribution in [1.29, 1.82) is 0 Å². The number of rotatable bonds is 10. The Bertz CT molecular complexity index is 499. The monoisotopic (exact) mass is 355 g/mol. The van der Waals surface area contributed by atoms with Crippen molar-refractivity contribution in [2.45, 2.75) is 19.8 Å². The number of methoxy groups -OCH3 is 3. The molecule has 0 fully saturated rings. The minimum absolute atomic E-state index is 0.574. The smallest absolute Gasteiger partial charge is 0.203 e. The zero-order valence-corrected chi connectivity index (χ0v) is 16.1. The van der Waals surface area contributed by atoms with Crippen molar-refractivity contribution in [2.24, 2.45) is 4.99 Å². The summed E-state index contributed by atoms with van der Waals surface area (Å²) < 4.78 is 16.1. The Kier molecular flexibility index (Phi) is 9.91. The number of thioether (sulfide) groups is 1. The third-order valence-corrected chi connectivity index (χ3v) is 4.00. The number of guanidine groups is 1. The number of nitrogens with one attached hydrogen (secondary N) is 2. The molecule has 6 nitrogen and oxygen atoms in total. The maximum absolute atomic E-state index is 5.38. The molecule has 136 valence electrons. The van der Waals surface area contributed by atoms with E-state index in [1.165, 1.54) is 12.2 Å². The highest BCUT2D eigenvalue weighted by Gasteiger charge is 2.13. The summed E-state index contributed by atoms with van der Waals surface area (Å²) >= 11 is 1.87. The predicted octanol–water partition coefficient (Wildman–Crippen LogP) is 3.23. The van der Waals surface area contributed by atoms with Crippen LogP contribution in [-0.2, 0) is 0 Å². The van der Waals surface area contributed by atoms with Crippen LogP contribution in [0.1, 0.15) is 19.8 Å². The summed E-state index contributed by atoms with van der Waals surface area (Å²) in [6.45, 7) is 3.63. The van der Waals surface area contributed by atoms with Crippen LogP contribution in [0.5, 0.6) is 17.2 Å². The summed E-state index contributed by atoms with van der Waals surface area (Å²) in [5.74, 6) is 3.71. The molecule has 0 bridgehead atoms. The lowest BCUT2D eigenvalue weighted by Gasteiger charge is -2.16. The zero-order valence-electron chi connectivity index (χ0n) is 15.3. The van der Waals surface area contributed by atoms with E-state index in [1.807, 2.05) is 30.8 Å². The first-order valence-corrected chi connectivity index (χ1v) is 9.43. The van der Waals surface area contributed by atoms with E-state index in [1.54, 1.807) is 21.3 Å². The molecule has 0 unspecified atom stereocenters. The van der Waals surface area contributed by atoms with Gasteiger partial charge in [-0.05, 0) is 31.8 Å². The second-order valence-corrected chi connectivity index (χ2v) is 5.99. The van der Waals surface area contributed by atoms with Gasteiger partial charge in [0.1, 0.15) is 0 Å². The molecule has 0 saturated heterocycles. The minimum Gasteiger partial charge on any atom is -0.493 e. The number of benzene rings is 1. The predicted molar refractivity (Wildman–Crippen MR) is 103 cm³/mol.